The largest absolute Gasteiger partial charge is 0.512 e. The predicted octanol–water partition coefficient (Wildman–Crippen LogP) is 1.64. The minimum absolute atomic E-state index is 1.06. The molecule has 0 spiro atoms. The lowest BCUT2D eigenvalue weighted by Crippen LogP contribution is -2.50. The SMILES string of the molecule is CC(C)CN(S(=O)(=O)C(F)(F)F)S(=O)(=O)C(F)(F)F. The van der Waals surface area contributed by atoms with Crippen molar-refractivity contribution < 1.29 is 43.2 Å². The second-order valence-electron chi connectivity index (χ2n) is 3.75. The van der Waals surface area contributed by atoms with Crippen LogP contribution in [0.25, 0.3) is 0 Å². The van der Waals surface area contributed by atoms with Crippen LogP contribution in [0.15, 0.2) is 0 Å². The van der Waals surface area contributed by atoms with Crippen molar-refractivity contribution in [3.05, 3.63) is 0 Å². The Hall–Kier alpha value is -0.560. The van der Waals surface area contributed by atoms with Crippen molar-refractivity contribution in [2.45, 2.75) is 24.9 Å². The Balaban J connectivity index is 6.05. The second kappa shape index (κ2) is 5.09. The molecule has 0 rings (SSSR count). The van der Waals surface area contributed by atoms with Crippen molar-refractivity contribution in [3.8, 4) is 0 Å². The van der Waals surface area contributed by atoms with Gasteiger partial charge >= 0.3 is 31.1 Å². The first kappa shape index (κ1) is 18.4. The number of hydrogen-bond acceptors (Lipinski definition) is 4. The summed E-state index contributed by atoms with van der Waals surface area (Å²) in [5, 5.41) is 0. The molecule has 0 heterocycles. The molecule has 0 aromatic carbocycles. The predicted molar refractivity (Wildman–Crippen MR) is 51.5 cm³/mol. The highest BCUT2D eigenvalue weighted by molar-refractivity contribution is 8.04. The van der Waals surface area contributed by atoms with Gasteiger partial charge in [-0.15, -0.1) is 0 Å². The van der Waals surface area contributed by atoms with E-state index in [2.05, 4.69) is 0 Å². The van der Waals surface area contributed by atoms with Gasteiger partial charge in [0.2, 0.25) is 0 Å². The monoisotopic (exact) mass is 337 g/mol. The Bertz CT molecular complexity index is 473. The van der Waals surface area contributed by atoms with Gasteiger partial charge in [-0.25, -0.2) is 16.8 Å². The summed E-state index contributed by atoms with van der Waals surface area (Å²) in [4.78, 5) is 0. The smallest absolute Gasteiger partial charge is 0.202 e. The molecule has 13 heteroatoms. The third kappa shape index (κ3) is 3.72. The number of halogens is 6. The van der Waals surface area contributed by atoms with Crippen molar-refractivity contribution in [1.82, 2.24) is 3.71 Å². The van der Waals surface area contributed by atoms with E-state index in [1.54, 1.807) is 0 Å². The highest BCUT2D eigenvalue weighted by Crippen LogP contribution is 2.35. The molecule has 0 aromatic heterocycles. The third-order valence-electron chi connectivity index (χ3n) is 1.64. The van der Waals surface area contributed by atoms with Crippen molar-refractivity contribution in [2.24, 2.45) is 5.92 Å². The molecule has 0 amide bonds. The van der Waals surface area contributed by atoms with Crippen molar-refractivity contribution >= 4 is 20.0 Å². The van der Waals surface area contributed by atoms with E-state index in [9.17, 15) is 43.2 Å². The topological polar surface area (TPSA) is 71.5 Å². The van der Waals surface area contributed by atoms with Crippen LogP contribution in [-0.4, -0.2) is 38.1 Å². The minimum Gasteiger partial charge on any atom is -0.202 e. The number of nitrogens with zero attached hydrogens (tertiary/aromatic N) is 1. The molecule has 0 bridgehead atoms. The summed E-state index contributed by atoms with van der Waals surface area (Å²) in [5.74, 6) is -1.07. The molecule has 5 nitrogen and oxygen atoms in total. The van der Waals surface area contributed by atoms with E-state index in [1.807, 2.05) is 0 Å². The maximum atomic E-state index is 12.2. The first-order chi connectivity index (χ1) is 8.05. The number of rotatable bonds is 4. The van der Waals surface area contributed by atoms with E-state index in [4.69, 9.17) is 0 Å². The lowest BCUT2D eigenvalue weighted by Gasteiger charge is -2.25. The van der Waals surface area contributed by atoms with Crippen LogP contribution < -0.4 is 0 Å². The van der Waals surface area contributed by atoms with Crippen molar-refractivity contribution in [3.63, 3.8) is 0 Å². The van der Waals surface area contributed by atoms with Gasteiger partial charge in [-0.2, -0.15) is 26.3 Å². The molecule has 0 radical (unpaired) electrons. The molecule has 0 aliphatic rings. The van der Waals surface area contributed by atoms with E-state index < -0.39 is 47.2 Å². The van der Waals surface area contributed by atoms with Crippen LogP contribution in [0.3, 0.4) is 0 Å². The van der Waals surface area contributed by atoms with Crippen LogP contribution in [0.1, 0.15) is 13.8 Å². The Morgan fingerprint density at radius 3 is 1.26 bits per heavy atom. The molecule has 0 N–H and O–H groups in total. The lowest BCUT2D eigenvalue weighted by atomic mass is 10.2. The molecule has 0 fully saturated rings. The Morgan fingerprint density at radius 1 is 0.842 bits per heavy atom. The zero-order valence-corrected chi connectivity index (χ0v) is 11.1. The summed E-state index contributed by atoms with van der Waals surface area (Å²) < 4.78 is 115. The maximum Gasteiger partial charge on any atom is 0.512 e. The first-order valence-corrected chi connectivity index (χ1v) is 7.33. The van der Waals surface area contributed by atoms with Crippen molar-refractivity contribution in [1.29, 1.82) is 0 Å². The second-order valence-corrected chi connectivity index (χ2v) is 7.69. The molecule has 0 saturated heterocycles. The molecule has 0 aliphatic carbocycles. The quantitative estimate of drug-likeness (QED) is 0.731. The average Bonchev–Trinajstić information content (AvgIpc) is 2.09. The van der Waals surface area contributed by atoms with E-state index >= 15 is 0 Å². The van der Waals surface area contributed by atoms with Gasteiger partial charge < -0.3 is 0 Å². The molecule has 0 aliphatic heterocycles. The highest BCUT2D eigenvalue weighted by Gasteiger charge is 2.61. The molecule has 19 heavy (non-hydrogen) atoms. The van der Waals surface area contributed by atoms with E-state index in [-0.39, 0.29) is 0 Å². The summed E-state index contributed by atoms with van der Waals surface area (Å²) >= 11 is 0. The van der Waals surface area contributed by atoms with E-state index in [0.717, 1.165) is 13.8 Å². The average molecular weight is 337 g/mol. The Kier molecular flexibility index (Phi) is 4.94. The van der Waals surface area contributed by atoms with Crippen LogP contribution in [0.2, 0.25) is 0 Å². The van der Waals surface area contributed by atoms with Gasteiger partial charge in [0.25, 0.3) is 0 Å². The first-order valence-electron chi connectivity index (χ1n) is 4.45. The van der Waals surface area contributed by atoms with Gasteiger partial charge in [0.05, 0.1) is 0 Å². The molecule has 116 valence electrons. The summed E-state index contributed by atoms with van der Waals surface area (Å²) in [7, 11) is -13.3. The maximum absolute atomic E-state index is 12.2. The molecular weight excluding hydrogens is 328 g/mol. The number of sulfonamides is 2. The molecule has 0 atom stereocenters. The zero-order chi connectivity index (χ0) is 15.9. The third-order valence-corrected chi connectivity index (χ3v) is 5.35. The van der Waals surface area contributed by atoms with Gasteiger partial charge in [0, 0.05) is 6.54 Å². The zero-order valence-electron chi connectivity index (χ0n) is 9.45. The van der Waals surface area contributed by atoms with Crippen LogP contribution in [-0.2, 0) is 20.0 Å². The minimum atomic E-state index is -6.65. The molecule has 0 unspecified atom stereocenters. The fourth-order valence-corrected chi connectivity index (χ4v) is 3.85. The standard InChI is InChI=1S/C6H9F6NO4S2/c1-4(2)3-13(18(14,15)5(7,8)9)19(16,17)6(10,11)12/h4H,3H2,1-2H3. The van der Waals surface area contributed by atoms with Gasteiger partial charge in [-0.1, -0.05) is 17.6 Å². The Morgan fingerprint density at radius 2 is 1.11 bits per heavy atom. The summed E-state index contributed by atoms with van der Waals surface area (Å²) in [6, 6.07) is 0. The van der Waals surface area contributed by atoms with Crippen molar-refractivity contribution in [2.75, 3.05) is 6.54 Å². The number of hydrogen-bond donors (Lipinski definition) is 0. The number of alkyl halides is 6. The molecule has 0 aromatic rings. The van der Waals surface area contributed by atoms with Gasteiger partial charge in [-0.05, 0) is 5.92 Å². The van der Waals surface area contributed by atoms with Crippen LogP contribution in [0.5, 0.6) is 0 Å². The summed E-state index contributed by atoms with van der Waals surface area (Å²) in [6.07, 6.45) is 0. The normalized spacial score (nSPS) is 15.3. The molecule has 0 saturated carbocycles. The van der Waals surface area contributed by atoms with Crippen LogP contribution in [0.4, 0.5) is 26.3 Å². The highest BCUT2D eigenvalue weighted by atomic mass is 32.3. The van der Waals surface area contributed by atoms with E-state index in [0.29, 0.717) is 0 Å². The Labute approximate surface area is 105 Å². The summed E-state index contributed by atoms with van der Waals surface area (Å²) in [5.41, 5.74) is -12.3. The fourth-order valence-electron chi connectivity index (χ4n) is 0.854. The van der Waals surface area contributed by atoms with Gasteiger partial charge in [0.1, 0.15) is 0 Å². The molecular formula is C6H9F6NO4S2. The van der Waals surface area contributed by atoms with Crippen LogP contribution in [0, 0.1) is 5.92 Å². The van der Waals surface area contributed by atoms with E-state index in [1.165, 1.54) is 0 Å². The lowest BCUT2D eigenvalue weighted by molar-refractivity contribution is -0.0533. The summed E-state index contributed by atoms with van der Waals surface area (Å²) in [6.45, 7) is 0.652. The van der Waals surface area contributed by atoms with Gasteiger partial charge in [0.15, 0.2) is 0 Å². The van der Waals surface area contributed by atoms with Crippen LogP contribution >= 0.6 is 0 Å². The fraction of sp³-hybridized carbons (Fsp3) is 1.00. The van der Waals surface area contributed by atoms with Gasteiger partial charge in [-0.3, -0.25) is 0 Å².